The lowest BCUT2D eigenvalue weighted by molar-refractivity contribution is -0.172. The van der Waals surface area contributed by atoms with Crippen molar-refractivity contribution in [1.29, 1.82) is 0 Å². The Morgan fingerprint density at radius 1 is 1.20 bits per heavy atom. The van der Waals surface area contributed by atoms with Gasteiger partial charge in [0.15, 0.2) is 5.60 Å². The second-order valence-electron chi connectivity index (χ2n) is 12.2. The second kappa shape index (κ2) is 10.2. The Kier molecular flexibility index (Phi) is 6.63. The predicted octanol–water partition coefficient (Wildman–Crippen LogP) is 1.86. The van der Waals surface area contributed by atoms with Gasteiger partial charge >= 0.3 is 5.97 Å². The number of amides is 2. The highest BCUT2D eigenvalue weighted by Gasteiger charge is 2.46. The molecule has 3 N–H and O–H groups in total. The van der Waals surface area contributed by atoms with Crippen LogP contribution in [0.25, 0.3) is 22.3 Å². The van der Waals surface area contributed by atoms with Crippen LogP contribution in [0, 0.1) is 18.7 Å². The molecule has 44 heavy (non-hydrogen) atoms. The molecule has 7 rings (SSSR count). The van der Waals surface area contributed by atoms with Crippen molar-refractivity contribution in [3.63, 3.8) is 0 Å². The van der Waals surface area contributed by atoms with Crippen LogP contribution in [-0.2, 0) is 44.3 Å². The molecule has 4 heterocycles. The average Bonchev–Trinajstić information content (AvgIpc) is 3.79. The van der Waals surface area contributed by atoms with E-state index in [1.54, 1.807) is 19.9 Å². The number of carbonyl (C=O) groups is 3. The number of ether oxygens (including phenoxy) is 1. The number of aromatic nitrogens is 2. The summed E-state index contributed by atoms with van der Waals surface area (Å²) >= 11 is 0. The maximum absolute atomic E-state index is 15.1. The minimum atomic E-state index is -1.98. The molecule has 230 valence electrons. The van der Waals surface area contributed by atoms with E-state index in [9.17, 15) is 29.4 Å². The summed E-state index contributed by atoms with van der Waals surface area (Å²) in [6.07, 6.45) is 2.51. The van der Waals surface area contributed by atoms with E-state index in [0.717, 1.165) is 29.4 Å². The highest BCUT2D eigenvalue weighted by molar-refractivity contribution is 5.94. The largest absolute Gasteiger partial charge is 0.458 e. The van der Waals surface area contributed by atoms with Gasteiger partial charge in [0.25, 0.3) is 5.56 Å². The number of hydrogen-bond donors (Lipinski definition) is 3. The van der Waals surface area contributed by atoms with E-state index in [2.05, 4.69) is 5.32 Å². The number of nitrogens with one attached hydrogen (secondary N) is 1. The van der Waals surface area contributed by atoms with Gasteiger partial charge in [0, 0.05) is 35.0 Å². The van der Waals surface area contributed by atoms with Crippen LogP contribution >= 0.6 is 0 Å². The van der Waals surface area contributed by atoms with Crippen LogP contribution in [0.3, 0.4) is 0 Å². The summed E-state index contributed by atoms with van der Waals surface area (Å²) in [6, 6.07) is 2.46. The van der Waals surface area contributed by atoms with Crippen molar-refractivity contribution < 1.29 is 33.7 Å². The first-order valence-corrected chi connectivity index (χ1v) is 15.1. The molecule has 11 nitrogen and oxygen atoms in total. The Balaban J connectivity index is 1.35. The predicted molar refractivity (Wildman–Crippen MR) is 155 cm³/mol. The summed E-state index contributed by atoms with van der Waals surface area (Å²) in [5, 5.41) is 24.6. The molecule has 0 saturated heterocycles. The SMILES string of the molecule is CC[C@@]1(O)C(=O)OCc2c1cc1n(c2=O)Cc2c-1nc1cc(F)c(C)c3c1c2C(NC(=O)CN(CCO)C(=O)C1CC1)CC3. The Morgan fingerprint density at radius 2 is 1.98 bits per heavy atom. The molecule has 1 aromatic carbocycles. The Bertz CT molecular complexity index is 1850. The molecule has 0 bridgehead atoms. The fourth-order valence-corrected chi connectivity index (χ4v) is 7.09. The third-order valence-corrected chi connectivity index (χ3v) is 9.66. The fraction of sp³-hybridized carbons (Fsp3) is 0.469. The minimum Gasteiger partial charge on any atom is -0.458 e. The van der Waals surface area contributed by atoms with Crippen molar-refractivity contribution in [3.05, 3.63) is 61.7 Å². The van der Waals surface area contributed by atoms with Crippen LogP contribution in [-0.4, -0.2) is 62.1 Å². The second-order valence-corrected chi connectivity index (χ2v) is 12.2. The van der Waals surface area contributed by atoms with Crippen LogP contribution in [0.2, 0.25) is 0 Å². The number of benzene rings is 1. The van der Waals surface area contributed by atoms with Crippen molar-refractivity contribution in [2.24, 2.45) is 5.92 Å². The van der Waals surface area contributed by atoms with Gasteiger partial charge in [-0.15, -0.1) is 0 Å². The molecule has 2 atom stereocenters. The number of halogens is 1. The van der Waals surface area contributed by atoms with Crippen LogP contribution in [0.1, 0.15) is 72.0 Å². The number of aliphatic hydroxyl groups is 2. The summed E-state index contributed by atoms with van der Waals surface area (Å²) in [5.41, 5.74) is 1.91. The van der Waals surface area contributed by atoms with Crippen LogP contribution in [0.5, 0.6) is 0 Å². The number of nitrogens with zero attached hydrogens (tertiary/aromatic N) is 3. The van der Waals surface area contributed by atoms with E-state index in [1.165, 1.54) is 15.5 Å². The number of cyclic esters (lactones) is 1. The molecule has 3 aromatic rings. The Hall–Kier alpha value is -4.16. The molecule has 2 aromatic heterocycles. The van der Waals surface area contributed by atoms with Crippen LogP contribution < -0.4 is 10.9 Å². The van der Waals surface area contributed by atoms with Crippen LogP contribution in [0.15, 0.2) is 16.9 Å². The van der Waals surface area contributed by atoms with Gasteiger partial charge in [-0.3, -0.25) is 14.4 Å². The summed E-state index contributed by atoms with van der Waals surface area (Å²) in [4.78, 5) is 58.7. The van der Waals surface area contributed by atoms with Crippen molar-refractivity contribution in [2.45, 2.75) is 70.7 Å². The first kappa shape index (κ1) is 28.6. The molecular formula is C32H33FN4O7. The van der Waals surface area contributed by atoms with Crippen molar-refractivity contribution in [2.75, 3.05) is 19.7 Å². The van der Waals surface area contributed by atoms with Gasteiger partial charge in [-0.1, -0.05) is 6.92 Å². The lowest BCUT2D eigenvalue weighted by atomic mass is 9.81. The molecule has 2 aliphatic carbocycles. The molecule has 0 spiro atoms. The zero-order valence-electron chi connectivity index (χ0n) is 24.5. The Labute approximate surface area is 251 Å². The molecular weight excluding hydrogens is 571 g/mol. The van der Waals surface area contributed by atoms with E-state index in [-0.39, 0.29) is 68.1 Å². The van der Waals surface area contributed by atoms with Gasteiger partial charge < -0.3 is 29.7 Å². The molecule has 1 saturated carbocycles. The van der Waals surface area contributed by atoms with E-state index in [4.69, 9.17) is 9.72 Å². The fourth-order valence-electron chi connectivity index (χ4n) is 7.09. The summed E-state index contributed by atoms with van der Waals surface area (Å²) < 4.78 is 21.8. The molecule has 2 aliphatic heterocycles. The quantitative estimate of drug-likeness (QED) is 0.271. The van der Waals surface area contributed by atoms with E-state index < -0.39 is 29.0 Å². The monoisotopic (exact) mass is 604 g/mol. The molecule has 0 radical (unpaired) electrons. The first-order valence-electron chi connectivity index (χ1n) is 15.1. The van der Waals surface area contributed by atoms with Gasteiger partial charge in [0.1, 0.15) is 12.4 Å². The normalized spacial score (nSPS) is 21.4. The third kappa shape index (κ3) is 4.18. The molecule has 1 fully saturated rings. The number of carbonyl (C=O) groups excluding carboxylic acids is 3. The van der Waals surface area contributed by atoms with Crippen molar-refractivity contribution in [3.8, 4) is 11.4 Å². The lowest BCUT2D eigenvalue weighted by Crippen LogP contribution is -2.44. The van der Waals surface area contributed by atoms with E-state index >= 15 is 4.39 Å². The third-order valence-electron chi connectivity index (χ3n) is 9.66. The van der Waals surface area contributed by atoms with E-state index in [0.29, 0.717) is 40.9 Å². The van der Waals surface area contributed by atoms with Crippen LogP contribution in [0.4, 0.5) is 4.39 Å². The maximum Gasteiger partial charge on any atom is 0.343 e. The van der Waals surface area contributed by atoms with Gasteiger partial charge in [-0.2, -0.15) is 0 Å². The number of fused-ring (bicyclic) bond motifs is 5. The molecule has 12 heteroatoms. The number of aliphatic hydroxyl groups excluding tert-OH is 1. The smallest absolute Gasteiger partial charge is 0.343 e. The summed E-state index contributed by atoms with van der Waals surface area (Å²) in [5.74, 6) is -1.86. The Morgan fingerprint density at radius 3 is 2.68 bits per heavy atom. The average molecular weight is 605 g/mol. The first-order chi connectivity index (χ1) is 21.1. The topological polar surface area (TPSA) is 151 Å². The lowest BCUT2D eigenvalue weighted by Gasteiger charge is -2.31. The summed E-state index contributed by atoms with van der Waals surface area (Å²) in [6.45, 7) is 2.82. The molecule has 4 aliphatic rings. The van der Waals surface area contributed by atoms with Gasteiger partial charge in [-0.25, -0.2) is 14.2 Å². The number of esters is 1. The molecule has 1 unspecified atom stereocenters. The number of hydrogen-bond acceptors (Lipinski definition) is 8. The number of pyridine rings is 2. The van der Waals surface area contributed by atoms with Crippen molar-refractivity contribution in [1.82, 2.24) is 19.8 Å². The van der Waals surface area contributed by atoms with E-state index in [1.807, 2.05) is 0 Å². The highest BCUT2D eigenvalue weighted by atomic mass is 19.1. The van der Waals surface area contributed by atoms with Gasteiger partial charge in [-0.05, 0) is 61.8 Å². The number of aryl methyl sites for hydroxylation is 1. The zero-order chi connectivity index (χ0) is 31.1. The standard InChI is InChI=1S/C32H33FN4O7/c1-3-32(43)20-10-24-28-18(12-37(24)30(41)19(20)14-44-31(32)42)27-22(7-6-17-15(2)21(33)11-23(35-28)26(17)27)34-25(39)13-36(8-9-38)29(40)16-4-5-16/h10-11,16,22,38,43H,3-9,12-14H2,1-2H3,(H,34,39)/t22?,32-/m0/s1. The number of rotatable bonds is 7. The van der Waals surface area contributed by atoms with Gasteiger partial charge in [0.2, 0.25) is 11.8 Å². The van der Waals surface area contributed by atoms with Crippen molar-refractivity contribution >= 4 is 28.7 Å². The minimum absolute atomic E-state index is 0.00346. The van der Waals surface area contributed by atoms with Gasteiger partial charge in [0.05, 0.1) is 48.2 Å². The highest BCUT2D eigenvalue weighted by Crippen LogP contribution is 2.46. The molecule has 2 amide bonds. The maximum atomic E-state index is 15.1. The zero-order valence-corrected chi connectivity index (χ0v) is 24.5. The summed E-state index contributed by atoms with van der Waals surface area (Å²) in [7, 11) is 0.